The molecule has 4 rings (SSSR count). The number of nitrogens with zero attached hydrogens (tertiary/aromatic N) is 1. The number of carbonyl (C=O) groups is 2. The first-order chi connectivity index (χ1) is 14.8. The minimum Gasteiger partial charge on any atom is -0.326 e. The zero-order valence-electron chi connectivity index (χ0n) is 16.9. The Morgan fingerprint density at radius 1 is 1.03 bits per heavy atom. The third-order valence-electron chi connectivity index (χ3n) is 5.70. The number of amides is 2. The molecule has 0 spiro atoms. The highest BCUT2D eigenvalue weighted by molar-refractivity contribution is 7.89. The first-order valence-electron chi connectivity index (χ1n) is 10.3. The Kier molecular flexibility index (Phi) is 6.06. The lowest BCUT2D eigenvalue weighted by molar-refractivity contribution is -0.123. The van der Waals surface area contributed by atoms with Gasteiger partial charge in [0, 0.05) is 30.9 Å². The van der Waals surface area contributed by atoms with Crippen molar-refractivity contribution in [2.75, 3.05) is 23.7 Å². The highest BCUT2D eigenvalue weighted by Crippen LogP contribution is 2.33. The van der Waals surface area contributed by atoms with E-state index in [4.69, 9.17) is 0 Å². The van der Waals surface area contributed by atoms with E-state index in [-0.39, 0.29) is 22.9 Å². The zero-order valence-corrected chi connectivity index (χ0v) is 17.8. The van der Waals surface area contributed by atoms with Crippen molar-refractivity contribution in [1.82, 2.24) is 4.31 Å². The van der Waals surface area contributed by atoms with E-state index in [0.717, 1.165) is 25.7 Å². The molecular formula is C22H24FN3O4S. The van der Waals surface area contributed by atoms with Crippen molar-refractivity contribution >= 4 is 33.2 Å². The third-order valence-corrected chi connectivity index (χ3v) is 7.61. The predicted molar refractivity (Wildman–Crippen MR) is 115 cm³/mol. The molecule has 2 amide bonds. The van der Waals surface area contributed by atoms with Crippen LogP contribution < -0.4 is 10.6 Å². The lowest BCUT2D eigenvalue weighted by Gasteiger charge is -2.25. The molecule has 2 aromatic rings. The van der Waals surface area contributed by atoms with Gasteiger partial charge >= 0.3 is 0 Å². The first kappa shape index (κ1) is 21.5. The van der Waals surface area contributed by atoms with E-state index in [2.05, 4.69) is 10.6 Å². The Morgan fingerprint density at radius 3 is 2.39 bits per heavy atom. The number of hydrogen-bond acceptors (Lipinski definition) is 4. The van der Waals surface area contributed by atoms with Gasteiger partial charge in [0.05, 0.1) is 10.8 Å². The van der Waals surface area contributed by atoms with Gasteiger partial charge in [0.2, 0.25) is 21.8 Å². The maximum absolute atomic E-state index is 13.5. The summed E-state index contributed by atoms with van der Waals surface area (Å²) in [6.45, 7) is 1.04. The van der Waals surface area contributed by atoms with Gasteiger partial charge in [-0.15, -0.1) is 0 Å². The Hall–Kier alpha value is -2.78. The second-order valence-electron chi connectivity index (χ2n) is 7.87. The number of anilines is 2. The van der Waals surface area contributed by atoms with E-state index in [9.17, 15) is 22.4 Å². The molecule has 2 heterocycles. The molecule has 0 radical (unpaired) electrons. The van der Waals surface area contributed by atoms with Gasteiger partial charge in [-0.3, -0.25) is 9.59 Å². The number of hydrogen-bond donors (Lipinski definition) is 2. The standard InChI is InChI=1S/C22H24FN3O4S/c23-15-5-10-18-19(14-21(27)25-20(18)13-15)22(28)24-16-6-8-17(9-7-16)31(29,30)26-11-3-1-2-4-12-26/h5-10,13,19H,1-4,11-12,14H2,(H,24,28)(H,25,27). The number of carbonyl (C=O) groups excluding carboxylic acids is 2. The van der Waals surface area contributed by atoms with E-state index in [1.54, 1.807) is 0 Å². The van der Waals surface area contributed by atoms with Crippen molar-refractivity contribution in [3.63, 3.8) is 0 Å². The number of benzene rings is 2. The molecule has 0 aromatic heterocycles. The molecule has 31 heavy (non-hydrogen) atoms. The molecule has 9 heteroatoms. The molecule has 2 aromatic carbocycles. The fourth-order valence-corrected chi connectivity index (χ4v) is 5.56. The molecule has 0 bridgehead atoms. The minimum atomic E-state index is -3.57. The molecule has 2 N–H and O–H groups in total. The van der Waals surface area contributed by atoms with Crippen molar-refractivity contribution < 1.29 is 22.4 Å². The van der Waals surface area contributed by atoms with Crippen molar-refractivity contribution in [3.05, 3.63) is 53.8 Å². The van der Waals surface area contributed by atoms with Crippen LogP contribution >= 0.6 is 0 Å². The summed E-state index contributed by atoms with van der Waals surface area (Å²) < 4.78 is 40.8. The first-order valence-corrected chi connectivity index (χ1v) is 11.8. The van der Waals surface area contributed by atoms with E-state index >= 15 is 0 Å². The molecular weight excluding hydrogens is 421 g/mol. The molecule has 164 valence electrons. The quantitative estimate of drug-likeness (QED) is 0.754. The molecule has 2 aliphatic rings. The van der Waals surface area contributed by atoms with Crippen molar-refractivity contribution in [3.8, 4) is 0 Å². The number of nitrogens with one attached hydrogen (secondary N) is 2. The Morgan fingerprint density at radius 2 is 1.71 bits per heavy atom. The average Bonchev–Trinajstić information content (AvgIpc) is 3.03. The van der Waals surface area contributed by atoms with Crippen LogP contribution in [0.3, 0.4) is 0 Å². The van der Waals surface area contributed by atoms with E-state index < -0.39 is 27.7 Å². The molecule has 1 atom stereocenters. The smallest absolute Gasteiger partial charge is 0.243 e. The second-order valence-corrected chi connectivity index (χ2v) is 9.81. The molecule has 1 unspecified atom stereocenters. The van der Waals surface area contributed by atoms with Crippen LogP contribution in [-0.4, -0.2) is 37.6 Å². The van der Waals surface area contributed by atoms with Crippen molar-refractivity contribution in [1.29, 1.82) is 0 Å². The van der Waals surface area contributed by atoms with Gasteiger partial charge in [0.15, 0.2) is 0 Å². The summed E-state index contributed by atoms with van der Waals surface area (Å²) in [5.41, 5.74) is 1.25. The summed E-state index contributed by atoms with van der Waals surface area (Å²) in [5.74, 6) is -2.03. The summed E-state index contributed by atoms with van der Waals surface area (Å²) in [5, 5.41) is 5.31. The van der Waals surface area contributed by atoms with Crippen LogP contribution in [-0.2, 0) is 19.6 Å². The number of rotatable bonds is 4. The van der Waals surface area contributed by atoms with Gasteiger partial charge in [0.1, 0.15) is 5.82 Å². The van der Waals surface area contributed by atoms with Crippen LogP contribution in [0.25, 0.3) is 0 Å². The number of sulfonamides is 1. The lowest BCUT2D eigenvalue weighted by atomic mass is 9.89. The SMILES string of the molecule is O=C1CC(C(=O)Nc2ccc(S(=O)(=O)N3CCCCCC3)cc2)c2ccc(F)cc2N1. The van der Waals surface area contributed by atoms with Crippen LogP contribution in [0.15, 0.2) is 47.4 Å². The fourth-order valence-electron chi connectivity index (χ4n) is 4.04. The van der Waals surface area contributed by atoms with Crippen LogP contribution in [0.1, 0.15) is 43.6 Å². The van der Waals surface area contributed by atoms with Gasteiger partial charge in [-0.05, 0) is 54.8 Å². The summed E-state index contributed by atoms with van der Waals surface area (Å²) >= 11 is 0. The summed E-state index contributed by atoms with van der Waals surface area (Å²) in [4.78, 5) is 25.0. The van der Waals surface area contributed by atoms with Crippen LogP contribution in [0.4, 0.5) is 15.8 Å². The van der Waals surface area contributed by atoms with Crippen molar-refractivity contribution in [2.24, 2.45) is 0 Å². The Labute approximate surface area is 180 Å². The normalized spacial score (nSPS) is 19.8. The Bertz CT molecular complexity index is 1090. The number of fused-ring (bicyclic) bond motifs is 1. The predicted octanol–water partition coefficient (Wildman–Crippen LogP) is 3.45. The molecule has 1 saturated heterocycles. The van der Waals surface area contributed by atoms with Crippen molar-refractivity contribution in [2.45, 2.75) is 42.9 Å². The summed E-state index contributed by atoms with van der Waals surface area (Å²) in [6, 6.07) is 9.97. The van der Waals surface area contributed by atoms with Gasteiger partial charge in [-0.25, -0.2) is 12.8 Å². The van der Waals surface area contributed by atoms with Gasteiger partial charge in [0.25, 0.3) is 0 Å². The van der Waals surface area contributed by atoms with Crippen LogP contribution in [0, 0.1) is 5.82 Å². The average molecular weight is 446 g/mol. The lowest BCUT2D eigenvalue weighted by Crippen LogP contribution is -2.32. The third kappa shape index (κ3) is 4.62. The highest BCUT2D eigenvalue weighted by Gasteiger charge is 2.31. The van der Waals surface area contributed by atoms with E-state index in [1.807, 2.05) is 0 Å². The molecule has 1 fully saturated rings. The van der Waals surface area contributed by atoms with E-state index in [1.165, 1.54) is 46.8 Å². The van der Waals surface area contributed by atoms with Crippen LogP contribution in [0.2, 0.25) is 0 Å². The highest BCUT2D eigenvalue weighted by atomic mass is 32.2. The molecule has 7 nitrogen and oxygen atoms in total. The van der Waals surface area contributed by atoms with Crippen LogP contribution in [0.5, 0.6) is 0 Å². The van der Waals surface area contributed by atoms with Gasteiger partial charge < -0.3 is 10.6 Å². The Balaban J connectivity index is 1.49. The maximum Gasteiger partial charge on any atom is 0.243 e. The topological polar surface area (TPSA) is 95.6 Å². The van der Waals surface area contributed by atoms with E-state index in [0.29, 0.717) is 24.3 Å². The fraction of sp³-hybridized carbons (Fsp3) is 0.364. The molecule has 0 aliphatic carbocycles. The maximum atomic E-state index is 13.5. The summed E-state index contributed by atoms with van der Waals surface area (Å²) in [6.07, 6.45) is 3.73. The van der Waals surface area contributed by atoms with Gasteiger partial charge in [-0.2, -0.15) is 4.31 Å². The molecule has 0 saturated carbocycles. The number of halogens is 1. The minimum absolute atomic E-state index is 0.0497. The molecule has 2 aliphatic heterocycles. The largest absolute Gasteiger partial charge is 0.326 e. The second kappa shape index (κ2) is 8.76. The monoisotopic (exact) mass is 445 g/mol. The summed E-state index contributed by atoms with van der Waals surface area (Å²) in [7, 11) is -3.57. The zero-order chi connectivity index (χ0) is 22.0. The van der Waals surface area contributed by atoms with Gasteiger partial charge in [-0.1, -0.05) is 18.9 Å².